The maximum Gasteiger partial charge on any atom is 0.0555 e. The van der Waals surface area contributed by atoms with Crippen LogP contribution in [0, 0.1) is 5.92 Å². The minimum Gasteiger partial charge on any atom is -0.393 e. The molecule has 3 heteroatoms. The van der Waals surface area contributed by atoms with E-state index in [9.17, 15) is 5.11 Å². The SMILES string of the molecule is CC1CCC(O)CC1N1CCN(C)CC1. The van der Waals surface area contributed by atoms with Crippen molar-refractivity contribution in [1.29, 1.82) is 0 Å². The van der Waals surface area contributed by atoms with Gasteiger partial charge >= 0.3 is 0 Å². The molecule has 1 saturated heterocycles. The first-order valence-corrected chi connectivity index (χ1v) is 6.27. The molecule has 0 spiro atoms. The largest absolute Gasteiger partial charge is 0.393 e. The fourth-order valence-electron chi connectivity index (χ4n) is 2.94. The van der Waals surface area contributed by atoms with E-state index in [1.165, 1.54) is 32.6 Å². The summed E-state index contributed by atoms with van der Waals surface area (Å²) in [6.45, 7) is 7.06. The average molecular weight is 212 g/mol. The Labute approximate surface area is 93.1 Å². The fourth-order valence-corrected chi connectivity index (χ4v) is 2.94. The monoisotopic (exact) mass is 212 g/mol. The molecule has 0 aromatic carbocycles. The normalized spacial score (nSPS) is 40.6. The zero-order valence-corrected chi connectivity index (χ0v) is 10.0. The van der Waals surface area contributed by atoms with Crippen LogP contribution < -0.4 is 0 Å². The topological polar surface area (TPSA) is 26.7 Å². The first-order chi connectivity index (χ1) is 7.16. The molecule has 0 radical (unpaired) electrons. The van der Waals surface area contributed by atoms with Gasteiger partial charge in [0, 0.05) is 32.2 Å². The molecule has 3 atom stereocenters. The number of hydrogen-bond donors (Lipinski definition) is 1. The van der Waals surface area contributed by atoms with Crippen molar-refractivity contribution >= 4 is 0 Å². The van der Waals surface area contributed by atoms with E-state index < -0.39 is 0 Å². The molecule has 1 heterocycles. The summed E-state index contributed by atoms with van der Waals surface area (Å²) in [5, 5.41) is 9.74. The predicted octanol–water partition coefficient (Wildman–Crippen LogP) is 0.783. The number of aliphatic hydroxyl groups excluding tert-OH is 1. The summed E-state index contributed by atoms with van der Waals surface area (Å²) in [4.78, 5) is 4.98. The molecule has 88 valence electrons. The second-order valence-electron chi connectivity index (χ2n) is 5.35. The van der Waals surface area contributed by atoms with E-state index in [1.54, 1.807) is 0 Å². The van der Waals surface area contributed by atoms with Crippen LogP contribution in [0.2, 0.25) is 0 Å². The molecule has 0 aromatic rings. The number of aliphatic hydroxyl groups is 1. The van der Waals surface area contributed by atoms with Crippen LogP contribution in [0.3, 0.4) is 0 Å². The fraction of sp³-hybridized carbons (Fsp3) is 1.00. The van der Waals surface area contributed by atoms with Crippen LogP contribution in [0.15, 0.2) is 0 Å². The van der Waals surface area contributed by atoms with Crippen LogP contribution in [-0.4, -0.2) is 60.3 Å². The summed E-state index contributed by atoms with van der Waals surface area (Å²) in [6.07, 6.45) is 3.14. The Balaban J connectivity index is 1.90. The molecule has 3 nitrogen and oxygen atoms in total. The Morgan fingerprint density at radius 1 is 1.07 bits per heavy atom. The van der Waals surface area contributed by atoms with Crippen LogP contribution in [0.5, 0.6) is 0 Å². The number of hydrogen-bond acceptors (Lipinski definition) is 3. The van der Waals surface area contributed by atoms with Crippen LogP contribution >= 0.6 is 0 Å². The molecular weight excluding hydrogens is 188 g/mol. The zero-order chi connectivity index (χ0) is 10.8. The second-order valence-corrected chi connectivity index (χ2v) is 5.35. The molecule has 2 rings (SSSR count). The van der Waals surface area contributed by atoms with Gasteiger partial charge in [0.15, 0.2) is 0 Å². The molecule has 0 bridgehead atoms. The highest BCUT2D eigenvalue weighted by atomic mass is 16.3. The van der Waals surface area contributed by atoms with Crippen LogP contribution in [0.25, 0.3) is 0 Å². The van der Waals surface area contributed by atoms with Crippen molar-refractivity contribution in [2.45, 2.75) is 38.3 Å². The van der Waals surface area contributed by atoms with Gasteiger partial charge in [-0.3, -0.25) is 4.90 Å². The third kappa shape index (κ3) is 2.71. The molecule has 1 N–H and O–H groups in total. The highest BCUT2D eigenvalue weighted by Gasteiger charge is 2.32. The predicted molar refractivity (Wildman–Crippen MR) is 61.9 cm³/mol. The molecular formula is C12H24N2O. The van der Waals surface area contributed by atoms with E-state index in [-0.39, 0.29) is 6.10 Å². The Morgan fingerprint density at radius 3 is 2.40 bits per heavy atom. The van der Waals surface area contributed by atoms with Gasteiger partial charge in [-0.2, -0.15) is 0 Å². The lowest BCUT2D eigenvalue weighted by atomic mass is 9.83. The van der Waals surface area contributed by atoms with Crippen molar-refractivity contribution in [2.75, 3.05) is 33.2 Å². The third-order valence-corrected chi connectivity index (χ3v) is 4.13. The number of piperazine rings is 1. The van der Waals surface area contributed by atoms with Gasteiger partial charge < -0.3 is 10.0 Å². The van der Waals surface area contributed by atoms with Gasteiger partial charge in [0.25, 0.3) is 0 Å². The summed E-state index contributed by atoms with van der Waals surface area (Å²) < 4.78 is 0. The van der Waals surface area contributed by atoms with Crippen molar-refractivity contribution in [3.05, 3.63) is 0 Å². The first-order valence-electron chi connectivity index (χ1n) is 6.27. The molecule has 3 unspecified atom stereocenters. The van der Waals surface area contributed by atoms with Crippen LogP contribution in [0.1, 0.15) is 26.2 Å². The quantitative estimate of drug-likeness (QED) is 0.696. The van der Waals surface area contributed by atoms with Gasteiger partial charge in [-0.1, -0.05) is 6.92 Å². The zero-order valence-electron chi connectivity index (χ0n) is 10.0. The summed E-state index contributed by atoms with van der Waals surface area (Å²) in [5.74, 6) is 0.761. The summed E-state index contributed by atoms with van der Waals surface area (Å²) in [7, 11) is 2.19. The molecule has 0 amide bonds. The van der Waals surface area contributed by atoms with Crippen molar-refractivity contribution in [3.63, 3.8) is 0 Å². The first kappa shape index (κ1) is 11.4. The van der Waals surface area contributed by atoms with E-state index in [2.05, 4.69) is 23.8 Å². The van der Waals surface area contributed by atoms with E-state index in [0.29, 0.717) is 6.04 Å². The molecule has 2 aliphatic rings. The summed E-state index contributed by atoms with van der Waals surface area (Å²) in [6, 6.07) is 0.627. The number of likely N-dealkylation sites (N-methyl/N-ethyl adjacent to an activating group) is 1. The highest BCUT2D eigenvalue weighted by molar-refractivity contribution is 4.86. The van der Waals surface area contributed by atoms with Gasteiger partial charge in [-0.25, -0.2) is 0 Å². The number of nitrogens with zero attached hydrogens (tertiary/aromatic N) is 2. The minimum atomic E-state index is -0.0501. The Kier molecular flexibility index (Phi) is 3.65. The van der Waals surface area contributed by atoms with Gasteiger partial charge in [0.1, 0.15) is 0 Å². The molecule has 1 saturated carbocycles. The second kappa shape index (κ2) is 4.81. The molecule has 15 heavy (non-hydrogen) atoms. The van der Waals surface area contributed by atoms with Gasteiger partial charge in [0.05, 0.1) is 6.10 Å². The smallest absolute Gasteiger partial charge is 0.0555 e. The lowest BCUT2D eigenvalue weighted by Gasteiger charge is -2.43. The molecule has 1 aliphatic heterocycles. The highest BCUT2D eigenvalue weighted by Crippen LogP contribution is 2.28. The maximum atomic E-state index is 9.74. The van der Waals surface area contributed by atoms with Crippen molar-refractivity contribution < 1.29 is 5.11 Å². The lowest BCUT2D eigenvalue weighted by molar-refractivity contribution is 0.0125. The lowest BCUT2D eigenvalue weighted by Crippen LogP contribution is -2.53. The summed E-state index contributed by atoms with van der Waals surface area (Å²) >= 11 is 0. The number of rotatable bonds is 1. The Morgan fingerprint density at radius 2 is 1.73 bits per heavy atom. The van der Waals surface area contributed by atoms with Crippen molar-refractivity contribution in [3.8, 4) is 0 Å². The Bertz CT molecular complexity index is 202. The average Bonchev–Trinajstić information content (AvgIpc) is 2.23. The Hall–Kier alpha value is -0.120. The standard InChI is InChI=1S/C12H24N2O/c1-10-3-4-11(15)9-12(10)14-7-5-13(2)6-8-14/h10-12,15H,3-9H2,1-2H3. The molecule has 1 aliphatic carbocycles. The molecule has 2 fully saturated rings. The van der Waals surface area contributed by atoms with Crippen LogP contribution in [0.4, 0.5) is 0 Å². The third-order valence-electron chi connectivity index (χ3n) is 4.13. The van der Waals surface area contributed by atoms with Crippen molar-refractivity contribution in [1.82, 2.24) is 9.80 Å². The van der Waals surface area contributed by atoms with E-state index in [4.69, 9.17) is 0 Å². The van der Waals surface area contributed by atoms with E-state index in [0.717, 1.165) is 18.8 Å². The van der Waals surface area contributed by atoms with E-state index in [1.807, 2.05) is 0 Å². The van der Waals surface area contributed by atoms with Crippen molar-refractivity contribution in [2.24, 2.45) is 5.92 Å². The maximum absolute atomic E-state index is 9.74. The van der Waals surface area contributed by atoms with Crippen LogP contribution in [-0.2, 0) is 0 Å². The van der Waals surface area contributed by atoms with Gasteiger partial charge in [-0.15, -0.1) is 0 Å². The van der Waals surface area contributed by atoms with Gasteiger partial charge in [0.2, 0.25) is 0 Å². The van der Waals surface area contributed by atoms with Gasteiger partial charge in [-0.05, 0) is 32.2 Å². The molecule has 0 aromatic heterocycles. The minimum absolute atomic E-state index is 0.0501. The summed E-state index contributed by atoms with van der Waals surface area (Å²) in [5.41, 5.74) is 0. The van der Waals surface area contributed by atoms with E-state index >= 15 is 0 Å².